The van der Waals surface area contributed by atoms with Crippen LogP contribution in [0.25, 0.3) is 0 Å². The number of hydrogen-bond donors (Lipinski definition) is 1. The Balaban J connectivity index is 2.98. The summed E-state index contributed by atoms with van der Waals surface area (Å²) in [6.45, 7) is 6.34. The first-order valence-corrected chi connectivity index (χ1v) is 6.68. The molecular weight excluding hydrogens is 250 g/mol. The lowest BCUT2D eigenvalue weighted by Crippen LogP contribution is -2.38. The molecule has 0 radical (unpaired) electrons. The van der Waals surface area contributed by atoms with Crippen molar-refractivity contribution in [3.05, 3.63) is 29.3 Å². The summed E-state index contributed by atoms with van der Waals surface area (Å²) >= 11 is 5.68. The van der Waals surface area contributed by atoms with Crippen LogP contribution >= 0.6 is 11.6 Å². The fourth-order valence-corrected chi connectivity index (χ4v) is 1.95. The highest BCUT2D eigenvalue weighted by atomic mass is 35.5. The molecule has 1 N–H and O–H groups in total. The van der Waals surface area contributed by atoms with Crippen molar-refractivity contribution in [1.29, 1.82) is 0 Å². The molecule has 0 bridgehead atoms. The van der Waals surface area contributed by atoms with Gasteiger partial charge in [0.2, 0.25) is 0 Å². The fourth-order valence-electron chi connectivity index (χ4n) is 1.83. The van der Waals surface area contributed by atoms with E-state index in [0.717, 1.165) is 6.42 Å². The SMILES string of the molecule is Cc1c(O)cccc1C(=O)N(CCCCl)C(C)C. The first-order valence-electron chi connectivity index (χ1n) is 6.14. The molecule has 0 fully saturated rings. The summed E-state index contributed by atoms with van der Waals surface area (Å²) in [7, 11) is 0. The minimum atomic E-state index is -0.0523. The molecule has 18 heavy (non-hydrogen) atoms. The molecule has 1 aromatic carbocycles. The van der Waals surface area contributed by atoms with Crippen LogP contribution in [0.1, 0.15) is 36.2 Å². The van der Waals surface area contributed by atoms with Crippen LogP contribution in [0, 0.1) is 6.92 Å². The highest BCUT2D eigenvalue weighted by Gasteiger charge is 2.20. The minimum Gasteiger partial charge on any atom is -0.508 e. The van der Waals surface area contributed by atoms with Crippen LogP contribution in [0.2, 0.25) is 0 Å². The van der Waals surface area contributed by atoms with Crippen LogP contribution in [0.15, 0.2) is 18.2 Å². The lowest BCUT2D eigenvalue weighted by molar-refractivity contribution is 0.0705. The van der Waals surface area contributed by atoms with Crippen molar-refractivity contribution in [2.75, 3.05) is 12.4 Å². The van der Waals surface area contributed by atoms with Gasteiger partial charge in [-0.05, 0) is 39.3 Å². The molecular formula is C14H20ClNO2. The zero-order valence-corrected chi connectivity index (χ0v) is 11.9. The van der Waals surface area contributed by atoms with Crippen molar-refractivity contribution in [3.63, 3.8) is 0 Å². The summed E-state index contributed by atoms with van der Waals surface area (Å²) < 4.78 is 0. The van der Waals surface area contributed by atoms with Crippen LogP contribution in [0.4, 0.5) is 0 Å². The monoisotopic (exact) mass is 269 g/mol. The van der Waals surface area contributed by atoms with E-state index in [1.807, 2.05) is 13.8 Å². The normalized spacial score (nSPS) is 10.7. The second-order valence-corrected chi connectivity index (χ2v) is 4.96. The third kappa shape index (κ3) is 3.39. The quantitative estimate of drug-likeness (QED) is 0.834. The van der Waals surface area contributed by atoms with Crippen LogP contribution in [-0.4, -0.2) is 34.4 Å². The van der Waals surface area contributed by atoms with Crippen molar-refractivity contribution in [2.45, 2.75) is 33.2 Å². The largest absolute Gasteiger partial charge is 0.508 e. The maximum atomic E-state index is 12.4. The molecule has 1 rings (SSSR count). The Morgan fingerprint density at radius 1 is 1.44 bits per heavy atom. The molecule has 0 spiro atoms. The van der Waals surface area contributed by atoms with Crippen molar-refractivity contribution < 1.29 is 9.90 Å². The second-order valence-electron chi connectivity index (χ2n) is 4.58. The molecule has 4 heteroatoms. The van der Waals surface area contributed by atoms with E-state index >= 15 is 0 Å². The predicted octanol–water partition coefficient (Wildman–Crippen LogP) is 3.18. The Morgan fingerprint density at radius 2 is 2.11 bits per heavy atom. The van der Waals surface area contributed by atoms with Crippen molar-refractivity contribution >= 4 is 17.5 Å². The number of nitrogens with zero attached hydrogens (tertiary/aromatic N) is 1. The van der Waals surface area contributed by atoms with Crippen LogP contribution in [0.5, 0.6) is 5.75 Å². The van der Waals surface area contributed by atoms with Gasteiger partial charge in [-0.15, -0.1) is 11.6 Å². The Morgan fingerprint density at radius 3 is 2.67 bits per heavy atom. The van der Waals surface area contributed by atoms with Gasteiger partial charge in [0.15, 0.2) is 0 Å². The Labute approximate surface area is 113 Å². The number of benzene rings is 1. The van der Waals surface area contributed by atoms with Gasteiger partial charge in [0.25, 0.3) is 5.91 Å². The van der Waals surface area contributed by atoms with E-state index in [0.29, 0.717) is 23.6 Å². The summed E-state index contributed by atoms with van der Waals surface area (Å²) in [5.74, 6) is 0.639. The van der Waals surface area contributed by atoms with Gasteiger partial charge in [-0.3, -0.25) is 4.79 Å². The molecule has 1 amide bonds. The molecule has 1 aromatic rings. The van der Waals surface area contributed by atoms with Crippen molar-refractivity contribution in [2.24, 2.45) is 0 Å². The lowest BCUT2D eigenvalue weighted by Gasteiger charge is -2.27. The summed E-state index contributed by atoms with van der Waals surface area (Å²) in [6, 6.07) is 5.13. The first kappa shape index (κ1) is 14.8. The number of carbonyl (C=O) groups excluding carboxylic acids is 1. The third-order valence-electron chi connectivity index (χ3n) is 2.95. The van der Waals surface area contributed by atoms with Gasteiger partial charge in [0.1, 0.15) is 5.75 Å². The second kappa shape index (κ2) is 6.64. The molecule has 0 atom stereocenters. The number of amides is 1. The standard InChI is InChI=1S/C14H20ClNO2/c1-10(2)16(9-5-8-15)14(18)12-6-4-7-13(17)11(12)3/h4,6-7,10,17H,5,8-9H2,1-3H3. The van der Waals surface area contributed by atoms with E-state index in [-0.39, 0.29) is 17.7 Å². The molecule has 0 aliphatic rings. The number of hydrogen-bond acceptors (Lipinski definition) is 2. The van der Waals surface area contributed by atoms with Gasteiger partial charge in [-0.25, -0.2) is 0 Å². The van der Waals surface area contributed by atoms with Crippen molar-refractivity contribution in [1.82, 2.24) is 4.90 Å². The molecule has 100 valence electrons. The summed E-state index contributed by atoms with van der Waals surface area (Å²) in [6.07, 6.45) is 0.767. The van der Waals surface area contributed by atoms with Crippen LogP contribution in [0.3, 0.4) is 0 Å². The summed E-state index contributed by atoms with van der Waals surface area (Å²) in [5, 5.41) is 9.65. The lowest BCUT2D eigenvalue weighted by atomic mass is 10.1. The van der Waals surface area contributed by atoms with E-state index in [1.165, 1.54) is 0 Å². The molecule has 0 aromatic heterocycles. The van der Waals surface area contributed by atoms with Gasteiger partial charge in [-0.1, -0.05) is 6.07 Å². The topological polar surface area (TPSA) is 40.5 Å². The number of halogens is 1. The number of phenolic OH excluding ortho intramolecular Hbond substituents is 1. The smallest absolute Gasteiger partial charge is 0.254 e. The average molecular weight is 270 g/mol. The average Bonchev–Trinajstić information content (AvgIpc) is 2.32. The van der Waals surface area contributed by atoms with Crippen LogP contribution < -0.4 is 0 Å². The highest BCUT2D eigenvalue weighted by Crippen LogP contribution is 2.21. The molecule has 0 heterocycles. The molecule has 0 saturated carbocycles. The molecule has 0 aliphatic heterocycles. The maximum absolute atomic E-state index is 12.4. The Hall–Kier alpha value is -1.22. The number of aromatic hydroxyl groups is 1. The fraction of sp³-hybridized carbons (Fsp3) is 0.500. The highest BCUT2D eigenvalue weighted by molar-refractivity contribution is 6.17. The first-order chi connectivity index (χ1) is 8.49. The van der Waals surface area contributed by atoms with E-state index in [4.69, 9.17) is 11.6 Å². The summed E-state index contributed by atoms with van der Waals surface area (Å²) in [5.41, 5.74) is 1.18. The number of alkyl halides is 1. The van der Waals surface area contributed by atoms with Crippen LogP contribution in [-0.2, 0) is 0 Å². The van der Waals surface area contributed by atoms with Gasteiger partial charge < -0.3 is 10.0 Å². The molecule has 0 unspecified atom stereocenters. The predicted molar refractivity (Wildman–Crippen MR) is 74.4 cm³/mol. The number of rotatable bonds is 5. The van der Waals surface area contributed by atoms with Gasteiger partial charge in [0, 0.05) is 29.6 Å². The Kier molecular flexibility index (Phi) is 5.48. The zero-order chi connectivity index (χ0) is 13.7. The van der Waals surface area contributed by atoms with Gasteiger partial charge >= 0.3 is 0 Å². The Bertz CT molecular complexity index is 418. The van der Waals surface area contributed by atoms with E-state index in [9.17, 15) is 9.90 Å². The zero-order valence-electron chi connectivity index (χ0n) is 11.1. The number of phenols is 1. The summed E-state index contributed by atoms with van der Waals surface area (Å²) in [4.78, 5) is 14.2. The van der Waals surface area contributed by atoms with E-state index < -0.39 is 0 Å². The maximum Gasteiger partial charge on any atom is 0.254 e. The van der Waals surface area contributed by atoms with Crippen molar-refractivity contribution in [3.8, 4) is 5.75 Å². The van der Waals surface area contributed by atoms with Gasteiger partial charge in [0.05, 0.1) is 0 Å². The minimum absolute atomic E-state index is 0.0523. The van der Waals surface area contributed by atoms with Gasteiger partial charge in [-0.2, -0.15) is 0 Å². The molecule has 0 aliphatic carbocycles. The molecule has 3 nitrogen and oxygen atoms in total. The van der Waals surface area contributed by atoms with E-state index in [2.05, 4.69) is 0 Å². The number of carbonyl (C=O) groups is 1. The third-order valence-corrected chi connectivity index (χ3v) is 3.22. The molecule has 0 saturated heterocycles. The van der Waals surface area contributed by atoms with E-state index in [1.54, 1.807) is 30.0 Å².